The van der Waals surface area contributed by atoms with Crippen molar-refractivity contribution < 1.29 is 13.3 Å². The standard InChI is InChI=1S/C21H27N3O4S/c1-16-12-13-19(24(25)26)14-21(16)29(27,28)22-20-11-7-6-8-17(20)15-23(2)18-9-4-3-5-10-18/h6-8,11-14,18,22H,3-5,9-10,15H2,1-2H3. The van der Waals surface area contributed by atoms with E-state index < -0.39 is 14.9 Å². The Morgan fingerprint density at radius 1 is 1.14 bits per heavy atom. The van der Waals surface area contributed by atoms with E-state index in [2.05, 4.69) is 16.7 Å². The fourth-order valence-electron chi connectivity index (χ4n) is 3.87. The Morgan fingerprint density at radius 2 is 1.83 bits per heavy atom. The zero-order valence-electron chi connectivity index (χ0n) is 16.8. The minimum absolute atomic E-state index is 0.0814. The quantitative estimate of drug-likeness (QED) is 0.530. The molecule has 1 saturated carbocycles. The van der Waals surface area contributed by atoms with Crippen molar-refractivity contribution in [3.05, 3.63) is 63.7 Å². The lowest BCUT2D eigenvalue weighted by Crippen LogP contribution is -2.33. The van der Waals surface area contributed by atoms with Crippen molar-refractivity contribution >= 4 is 21.4 Å². The van der Waals surface area contributed by atoms with Crippen LogP contribution in [0.3, 0.4) is 0 Å². The molecule has 0 aliphatic heterocycles. The molecule has 0 heterocycles. The molecule has 1 N–H and O–H groups in total. The van der Waals surface area contributed by atoms with Gasteiger partial charge in [0.25, 0.3) is 15.7 Å². The second-order valence-electron chi connectivity index (χ2n) is 7.68. The van der Waals surface area contributed by atoms with Gasteiger partial charge in [-0.05, 0) is 44.0 Å². The number of nitro benzene ring substituents is 1. The Hall–Kier alpha value is -2.45. The summed E-state index contributed by atoms with van der Waals surface area (Å²) < 4.78 is 28.6. The average Bonchev–Trinajstić information content (AvgIpc) is 2.70. The van der Waals surface area contributed by atoms with E-state index in [1.165, 1.54) is 31.4 Å². The molecule has 0 atom stereocenters. The van der Waals surface area contributed by atoms with Crippen LogP contribution in [0, 0.1) is 17.0 Å². The summed E-state index contributed by atoms with van der Waals surface area (Å²) in [4.78, 5) is 12.7. The summed E-state index contributed by atoms with van der Waals surface area (Å²) in [5.41, 5.74) is 1.59. The number of rotatable bonds is 7. The van der Waals surface area contributed by atoms with E-state index in [4.69, 9.17) is 0 Å². The van der Waals surface area contributed by atoms with E-state index in [-0.39, 0.29) is 10.6 Å². The van der Waals surface area contributed by atoms with E-state index in [0.717, 1.165) is 24.5 Å². The van der Waals surface area contributed by atoms with Gasteiger partial charge in [-0.3, -0.25) is 19.7 Å². The Morgan fingerprint density at radius 3 is 2.52 bits per heavy atom. The van der Waals surface area contributed by atoms with Gasteiger partial charge in [-0.1, -0.05) is 43.5 Å². The molecule has 29 heavy (non-hydrogen) atoms. The number of nitrogens with zero attached hydrogens (tertiary/aromatic N) is 2. The van der Waals surface area contributed by atoms with Crippen LogP contribution in [-0.2, 0) is 16.6 Å². The molecule has 1 aliphatic rings. The second kappa shape index (κ2) is 8.92. The number of sulfonamides is 1. The van der Waals surface area contributed by atoms with Crippen LogP contribution in [0.5, 0.6) is 0 Å². The van der Waals surface area contributed by atoms with Crippen molar-refractivity contribution in [3.8, 4) is 0 Å². The summed E-state index contributed by atoms with van der Waals surface area (Å²) in [5.74, 6) is 0. The fraction of sp³-hybridized carbons (Fsp3) is 0.429. The Labute approximate surface area is 171 Å². The van der Waals surface area contributed by atoms with Gasteiger partial charge in [0.1, 0.15) is 0 Å². The Bertz CT molecular complexity index is 985. The van der Waals surface area contributed by atoms with Gasteiger partial charge in [0.05, 0.1) is 15.5 Å². The van der Waals surface area contributed by atoms with E-state index >= 15 is 0 Å². The first kappa shape index (κ1) is 21.3. The van der Waals surface area contributed by atoms with Crippen LogP contribution in [0.4, 0.5) is 11.4 Å². The third-order valence-electron chi connectivity index (χ3n) is 5.55. The summed E-state index contributed by atoms with van der Waals surface area (Å²) >= 11 is 0. The molecule has 0 amide bonds. The van der Waals surface area contributed by atoms with Gasteiger partial charge in [-0.15, -0.1) is 0 Å². The summed E-state index contributed by atoms with van der Waals surface area (Å²) in [5, 5.41) is 11.1. The lowest BCUT2D eigenvalue weighted by molar-refractivity contribution is -0.385. The van der Waals surface area contributed by atoms with Crippen LogP contribution in [0.15, 0.2) is 47.4 Å². The van der Waals surface area contributed by atoms with Gasteiger partial charge in [0, 0.05) is 24.7 Å². The van der Waals surface area contributed by atoms with Gasteiger partial charge < -0.3 is 0 Å². The van der Waals surface area contributed by atoms with Crippen LogP contribution in [0.25, 0.3) is 0 Å². The van der Waals surface area contributed by atoms with Gasteiger partial charge in [-0.2, -0.15) is 0 Å². The van der Waals surface area contributed by atoms with Crippen molar-refractivity contribution in [2.45, 2.75) is 56.5 Å². The third-order valence-corrected chi connectivity index (χ3v) is 7.06. The number of non-ortho nitro benzene ring substituents is 1. The van der Waals surface area contributed by atoms with Gasteiger partial charge in [0.15, 0.2) is 0 Å². The number of para-hydroxylation sites is 1. The average molecular weight is 418 g/mol. The van der Waals surface area contributed by atoms with Crippen molar-refractivity contribution in [2.24, 2.45) is 0 Å². The molecule has 1 aliphatic carbocycles. The molecule has 2 aromatic carbocycles. The highest BCUT2D eigenvalue weighted by molar-refractivity contribution is 7.92. The number of anilines is 1. The lowest BCUT2D eigenvalue weighted by atomic mass is 9.94. The highest BCUT2D eigenvalue weighted by atomic mass is 32.2. The zero-order valence-corrected chi connectivity index (χ0v) is 17.6. The monoisotopic (exact) mass is 417 g/mol. The molecule has 3 rings (SSSR count). The number of hydrogen-bond donors (Lipinski definition) is 1. The van der Waals surface area contributed by atoms with Crippen LogP contribution in [-0.4, -0.2) is 31.3 Å². The Balaban J connectivity index is 1.85. The normalized spacial score (nSPS) is 15.4. The minimum Gasteiger partial charge on any atom is -0.299 e. The van der Waals surface area contributed by atoms with Gasteiger partial charge >= 0.3 is 0 Å². The van der Waals surface area contributed by atoms with Crippen LogP contribution in [0.1, 0.15) is 43.2 Å². The van der Waals surface area contributed by atoms with Crippen molar-refractivity contribution in [1.29, 1.82) is 0 Å². The molecule has 0 unspecified atom stereocenters. The first-order chi connectivity index (χ1) is 13.8. The van der Waals surface area contributed by atoms with Crippen molar-refractivity contribution in [2.75, 3.05) is 11.8 Å². The van der Waals surface area contributed by atoms with Gasteiger partial charge in [-0.25, -0.2) is 8.42 Å². The highest BCUT2D eigenvalue weighted by Gasteiger charge is 2.23. The number of nitro groups is 1. The molecule has 0 spiro atoms. The van der Waals surface area contributed by atoms with Gasteiger partial charge in [0.2, 0.25) is 0 Å². The summed E-state index contributed by atoms with van der Waals surface area (Å²) in [6.45, 7) is 2.26. The largest absolute Gasteiger partial charge is 0.299 e. The maximum atomic E-state index is 13.0. The predicted octanol–water partition coefficient (Wildman–Crippen LogP) is 4.47. The fourth-order valence-corrected chi connectivity index (χ4v) is 5.24. The summed E-state index contributed by atoms with van der Waals surface area (Å²) in [6, 6.07) is 11.7. The zero-order chi connectivity index (χ0) is 21.0. The first-order valence-corrected chi connectivity index (χ1v) is 11.3. The molecule has 1 fully saturated rings. The first-order valence-electron chi connectivity index (χ1n) is 9.84. The van der Waals surface area contributed by atoms with Crippen LogP contribution < -0.4 is 4.72 Å². The summed E-state index contributed by atoms with van der Waals surface area (Å²) in [6.07, 6.45) is 6.07. The van der Waals surface area contributed by atoms with Crippen LogP contribution in [0.2, 0.25) is 0 Å². The van der Waals surface area contributed by atoms with Crippen molar-refractivity contribution in [1.82, 2.24) is 4.90 Å². The number of nitrogens with one attached hydrogen (secondary N) is 1. The number of aryl methyl sites for hydroxylation is 1. The predicted molar refractivity (Wildman–Crippen MR) is 113 cm³/mol. The molecule has 0 aromatic heterocycles. The minimum atomic E-state index is -3.96. The van der Waals surface area contributed by atoms with E-state index in [9.17, 15) is 18.5 Å². The topological polar surface area (TPSA) is 92.5 Å². The SMILES string of the molecule is Cc1ccc([N+](=O)[O-])cc1S(=O)(=O)Nc1ccccc1CN(C)C1CCCCC1. The summed E-state index contributed by atoms with van der Waals surface area (Å²) in [7, 11) is -1.88. The molecule has 8 heteroatoms. The molecule has 0 radical (unpaired) electrons. The molecule has 156 valence electrons. The third kappa shape index (κ3) is 5.13. The maximum Gasteiger partial charge on any atom is 0.270 e. The second-order valence-corrected chi connectivity index (χ2v) is 9.33. The van der Waals surface area contributed by atoms with E-state index in [1.54, 1.807) is 19.1 Å². The molecule has 0 bridgehead atoms. The van der Waals surface area contributed by atoms with E-state index in [0.29, 0.717) is 23.8 Å². The Kier molecular flexibility index (Phi) is 6.54. The van der Waals surface area contributed by atoms with E-state index in [1.807, 2.05) is 12.1 Å². The molecule has 2 aromatic rings. The van der Waals surface area contributed by atoms with Crippen molar-refractivity contribution in [3.63, 3.8) is 0 Å². The lowest BCUT2D eigenvalue weighted by Gasteiger charge is -2.31. The number of hydrogen-bond acceptors (Lipinski definition) is 5. The maximum absolute atomic E-state index is 13.0. The number of benzene rings is 2. The van der Waals surface area contributed by atoms with Crippen LogP contribution >= 0.6 is 0 Å². The molecular formula is C21H27N3O4S. The molecule has 0 saturated heterocycles. The smallest absolute Gasteiger partial charge is 0.270 e. The highest BCUT2D eigenvalue weighted by Crippen LogP contribution is 2.28. The molecule has 7 nitrogen and oxygen atoms in total. The molecular weight excluding hydrogens is 390 g/mol.